The standard InChI is InChI=1S/C14H14ClNO3/c1-8(17)19-14(2)13-10(6-7-18-14)9-4-3-5-11(15)12(9)16-13/h3-5,16H,6-7H2,1-2H3. The number of benzene rings is 1. The van der Waals surface area contributed by atoms with Gasteiger partial charge >= 0.3 is 5.97 Å². The Morgan fingerprint density at radius 2 is 2.32 bits per heavy atom. The summed E-state index contributed by atoms with van der Waals surface area (Å²) in [5, 5.41) is 1.71. The molecule has 0 aliphatic carbocycles. The summed E-state index contributed by atoms with van der Waals surface area (Å²) in [5.74, 6) is -1.44. The third kappa shape index (κ3) is 1.91. The maximum Gasteiger partial charge on any atom is 0.305 e. The summed E-state index contributed by atoms with van der Waals surface area (Å²) in [4.78, 5) is 14.5. The molecule has 3 rings (SSSR count). The van der Waals surface area contributed by atoms with E-state index in [9.17, 15) is 4.79 Å². The molecule has 0 saturated heterocycles. The molecule has 1 aromatic carbocycles. The third-order valence-corrected chi connectivity index (χ3v) is 3.73. The molecule has 0 radical (unpaired) electrons. The van der Waals surface area contributed by atoms with Crippen LogP contribution in [0.3, 0.4) is 0 Å². The van der Waals surface area contributed by atoms with Crippen molar-refractivity contribution in [2.45, 2.75) is 26.1 Å². The number of esters is 1. The van der Waals surface area contributed by atoms with E-state index in [-0.39, 0.29) is 5.97 Å². The van der Waals surface area contributed by atoms with Crippen LogP contribution in [0.25, 0.3) is 10.9 Å². The van der Waals surface area contributed by atoms with Crippen molar-refractivity contribution >= 4 is 28.5 Å². The molecule has 0 bridgehead atoms. The van der Waals surface area contributed by atoms with Gasteiger partial charge in [-0.05, 0) is 18.1 Å². The minimum Gasteiger partial charge on any atom is -0.427 e. The summed E-state index contributed by atoms with van der Waals surface area (Å²) < 4.78 is 11.0. The summed E-state index contributed by atoms with van der Waals surface area (Å²) in [6.07, 6.45) is 0.770. The number of aromatic nitrogens is 1. The number of halogens is 1. The zero-order valence-electron chi connectivity index (χ0n) is 10.7. The molecule has 1 N–H and O–H groups in total. The maximum atomic E-state index is 11.3. The SMILES string of the molecule is CC(=O)OC1(C)OCCc2c1[nH]c1c(Cl)cccc21. The van der Waals surface area contributed by atoms with Gasteiger partial charge in [-0.25, -0.2) is 0 Å². The summed E-state index contributed by atoms with van der Waals surface area (Å²) in [6, 6.07) is 5.75. The molecule has 2 heterocycles. The van der Waals surface area contributed by atoms with Gasteiger partial charge in [0.1, 0.15) is 0 Å². The van der Waals surface area contributed by atoms with Crippen LogP contribution >= 0.6 is 11.6 Å². The lowest BCUT2D eigenvalue weighted by molar-refractivity contribution is -0.234. The Morgan fingerprint density at radius 1 is 1.53 bits per heavy atom. The minimum absolute atomic E-state index is 0.375. The van der Waals surface area contributed by atoms with E-state index in [0.717, 1.165) is 28.6 Å². The number of ether oxygens (including phenoxy) is 2. The third-order valence-electron chi connectivity index (χ3n) is 3.41. The Bertz CT molecular complexity index is 664. The molecule has 1 aliphatic heterocycles. The molecule has 1 aromatic heterocycles. The Kier molecular flexibility index (Phi) is 2.80. The van der Waals surface area contributed by atoms with Crippen molar-refractivity contribution < 1.29 is 14.3 Å². The van der Waals surface area contributed by atoms with Gasteiger partial charge in [0.25, 0.3) is 5.79 Å². The second-order valence-corrected chi connectivity index (χ2v) is 5.19. The molecule has 1 atom stereocenters. The number of carbonyl (C=O) groups is 1. The zero-order chi connectivity index (χ0) is 13.6. The largest absolute Gasteiger partial charge is 0.427 e. The highest BCUT2D eigenvalue weighted by molar-refractivity contribution is 6.35. The summed E-state index contributed by atoms with van der Waals surface area (Å²) in [7, 11) is 0. The van der Waals surface area contributed by atoms with Gasteiger partial charge in [0.15, 0.2) is 0 Å². The number of nitrogens with one attached hydrogen (secondary N) is 1. The number of H-pyrrole nitrogens is 1. The van der Waals surface area contributed by atoms with E-state index in [1.165, 1.54) is 6.92 Å². The molecule has 0 fully saturated rings. The molecular weight excluding hydrogens is 266 g/mol. The van der Waals surface area contributed by atoms with Crippen LogP contribution in [0, 0.1) is 0 Å². The van der Waals surface area contributed by atoms with E-state index in [0.29, 0.717) is 11.6 Å². The molecule has 0 spiro atoms. The number of carbonyl (C=O) groups excluding carboxylic acids is 1. The van der Waals surface area contributed by atoms with E-state index >= 15 is 0 Å². The Hall–Kier alpha value is -1.52. The van der Waals surface area contributed by atoms with Crippen LogP contribution in [0.1, 0.15) is 25.1 Å². The van der Waals surface area contributed by atoms with E-state index in [1.807, 2.05) is 18.2 Å². The lowest BCUT2D eigenvalue weighted by Gasteiger charge is -2.32. The van der Waals surface area contributed by atoms with Crippen LogP contribution in [0.5, 0.6) is 0 Å². The first-order chi connectivity index (χ1) is 9.01. The van der Waals surface area contributed by atoms with Crippen molar-refractivity contribution in [3.63, 3.8) is 0 Å². The normalized spacial score (nSPS) is 22.3. The summed E-state index contributed by atoms with van der Waals surface area (Å²) >= 11 is 6.20. The fraction of sp³-hybridized carbons (Fsp3) is 0.357. The topological polar surface area (TPSA) is 51.3 Å². The fourth-order valence-electron chi connectivity index (χ4n) is 2.66. The number of fused-ring (bicyclic) bond motifs is 3. The molecular formula is C14H14ClNO3. The van der Waals surface area contributed by atoms with Gasteiger partial charge in [-0.3, -0.25) is 4.79 Å². The maximum absolute atomic E-state index is 11.3. The molecule has 5 heteroatoms. The van der Waals surface area contributed by atoms with Crippen molar-refractivity contribution in [3.8, 4) is 0 Å². The van der Waals surface area contributed by atoms with Gasteiger partial charge in [0, 0.05) is 19.2 Å². The number of aromatic amines is 1. The minimum atomic E-state index is -1.07. The number of hydrogen-bond donors (Lipinski definition) is 1. The second kappa shape index (κ2) is 4.25. The Morgan fingerprint density at radius 3 is 3.05 bits per heavy atom. The van der Waals surface area contributed by atoms with Crippen LogP contribution in [0.4, 0.5) is 0 Å². The van der Waals surface area contributed by atoms with E-state index < -0.39 is 5.79 Å². The van der Waals surface area contributed by atoms with Crippen molar-refractivity contribution in [2.24, 2.45) is 0 Å². The van der Waals surface area contributed by atoms with Gasteiger partial charge in [0.05, 0.1) is 22.8 Å². The summed E-state index contributed by atoms with van der Waals surface area (Å²) in [5.41, 5.74) is 2.74. The molecule has 1 unspecified atom stereocenters. The van der Waals surface area contributed by atoms with E-state index in [2.05, 4.69) is 4.98 Å². The first-order valence-electron chi connectivity index (χ1n) is 6.14. The Labute approximate surface area is 115 Å². The van der Waals surface area contributed by atoms with Gasteiger partial charge in [-0.15, -0.1) is 0 Å². The van der Waals surface area contributed by atoms with Gasteiger partial charge in [-0.1, -0.05) is 23.7 Å². The van der Waals surface area contributed by atoms with Crippen molar-refractivity contribution in [1.29, 1.82) is 0 Å². The van der Waals surface area contributed by atoms with Crippen molar-refractivity contribution in [2.75, 3.05) is 6.61 Å². The first-order valence-corrected chi connectivity index (χ1v) is 6.52. The van der Waals surface area contributed by atoms with E-state index in [1.54, 1.807) is 6.92 Å². The molecule has 0 saturated carbocycles. The lowest BCUT2D eigenvalue weighted by Crippen LogP contribution is -2.36. The van der Waals surface area contributed by atoms with Gasteiger partial charge in [0.2, 0.25) is 0 Å². The predicted octanol–water partition coefficient (Wildman–Crippen LogP) is 3.13. The highest BCUT2D eigenvalue weighted by Crippen LogP contribution is 2.39. The average molecular weight is 280 g/mol. The highest BCUT2D eigenvalue weighted by Gasteiger charge is 2.39. The highest BCUT2D eigenvalue weighted by atomic mass is 35.5. The fourth-order valence-corrected chi connectivity index (χ4v) is 2.88. The van der Waals surface area contributed by atoms with Crippen LogP contribution in [-0.2, 0) is 26.5 Å². The predicted molar refractivity (Wildman–Crippen MR) is 72.1 cm³/mol. The van der Waals surface area contributed by atoms with Crippen LogP contribution < -0.4 is 0 Å². The van der Waals surface area contributed by atoms with Crippen LogP contribution in [-0.4, -0.2) is 17.6 Å². The average Bonchev–Trinajstić information content (AvgIpc) is 2.70. The Balaban J connectivity index is 2.23. The molecule has 2 aromatic rings. The number of para-hydroxylation sites is 1. The second-order valence-electron chi connectivity index (χ2n) is 4.78. The van der Waals surface area contributed by atoms with Gasteiger partial charge < -0.3 is 14.5 Å². The van der Waals surface area contributed by atoms with Crippen LogP contribution in [0.2, 0.25) is 5.02 Å². The molecule has 0 amide bonds. The van der Waals surface area contributed by atoms with Gasteiger partial charge in [-0.2, -0.15) is 0 Å². The molecule has 1 aliphatic rings. The first kappa shape index (κ1) is 12.5. The monoisotopic (exact) mass is 279 g/mol. The molecule has 100 valence electrons. The number of hydrogen-bond acceptors (Lipinski definition) is 3. The quantitative estimate of drug-likeness (QED) is 0.816. The summed E-state index contributed by atoms with van der Waals surface area (Å²) in [6.45, 7) is 3.63. The lowest BCUT2D eigenvalue weighted by atomic mass is 10.0. The molecule has 19 heavy (non-hydrogen) atoms. The zero-order valence-corrected chi connectivity index (χ0v) is 11.5. The van der Waals surface area contributed by atoms with E-state index in [4.69, 9.17) is 21.1 Å². The number of rotatable bonds is 1. The van der Waals surface area contributed by atoms with Crippen LogP contribution in [0.15, 0.2) is 18.2 Å². The molecule has 4 nitrogen and oxygen atoms in total. The smallest absolute Gasteiger partial charge is 0.305 e. The van der Waals surface area contributed by atoms with Crippen molar-refractivity contribution in [1.82, 2.24) is 4.98 Å². The van der Waals surface area contributed by atoms with Crippen molar-refractivity contribution in [3.05, 3.63) is 34.5 Å².